The minimum absolute atomic E-state index is 0.0179. The molecule has 1 amide bonds. The van der Waals surface area contributed by atoms with Gasteiger partial charge in [0.15, 0.2) is 0 Å². The number of benzene rings is 3. The molecule has 3 aromatic carbocycles. The number of rotatable bonds is 18. The van der Waals surface area contributed by atoms with Crippen molar-refractivity contribution in [2.75, 3.05) is 65.1 Å². The van der Waals surface area contributed by atoms with Crippen molar-refractivity contribution in [1.29, 1.82) is 0 Å². The number of methoxy groups -OCH3 is 2. The Labute approximate surface area is 310 Å². The van der Waals surface area contributed by atoms with Crippen molar-refractivity contribution in [3.8, 4) is 11.5 Å². The molecule has 4 unspecified atom stereocenters. The Morgan fingerprint density at radius 3 is 2.46 bits per heavy atom. The summed E-state index contributed by atoms with van der Waals surface area (Å²) in [5, 5.41) is 11.6. The lowest BCUT2D eigenvalue weighted by atomic mass is 9.84. The molecular weight excluding hydrogens is 658 g/mol. The minimum atomic E-state index is -0.827. The number of amides is 1. The minimum Gasteiger partial charge on any atom is -0.496 e. The van der Waals surface area contributed by atoms with E-state index in [1.165, 1.54) is 11.3 Å². The molecule has 2 aliphatic heterocycles. The summed E-state index contributed by atoms with van der Waals surface area (Å²) in [6.07, 6.45) is 0.426. The van der Waals surface area contributed by atoms with Crippen LogP contribution in [0, 0.1) is 5.92 Å². The lowest BCUT2D eigenvalue weighted by Crippen LogP contribution is -2.57. The van der Waals surface area contributed by atoms with Gasteiger partial charge in [-0.2, -0.15) is 0 Å². The van der Waals surface area contributed by atoms with E-state index in [4.69, 9.17) is 29.4 Å². The first-order valence-electron chi connectivity index (χ1n) is 18.7. The van der Waals surface area contributed by atoms with Crippen LogP contribution >= 0.6 is 0 Å². The zero-order valence-corrected chi connectivity index (χ0v) is 31.9. The number of aliphatic hydroxyl groups excluding tert-OH is 1. The van der Waals surface area contributed by atoms with E-state index in [9.17, 15) is 9.90 Å². The number of hydrogen-bond acceptors (Lipinski definition) is 9. The molecule has 5 rings (SSSR count). The fourth-order valence-electron chi connectivity index (χ4n) is 7.35. The molecule has 0 aromatic heterocycles. The number of nitrogens with two attached hydrogens (primary N) is 1. The van der Waals surface area contributed by atoms with Crippen LogP contribution in [0.3, 0.4) is 0 Å². The largest absolute Gasteiger partial charge is 0.496 e. The molecule has 0 radical (unpaired) electrons. The Morgan fingerprint density at radius 2 is 1.73 bits per heavy atom. The zero-order valence-electron chi connectivity index (χ0n) is 31.9. The molecule has 284 valence electrons. The van der Waals surface area contributed by atoms with E-state index in [1.807, 2.05) is 62.4 Å². The van der Waals surface area contributed by atoms with E-state index >= 15 is 0 Å². The van der Waals surface area contributed by atoms with Crippen molar-refractivity contribution in [2.24, 2.45) is 11.7 Å². The first-order chi connectivity index (χ1) is 25.0. The summed E-state index contributed by atoms with van der Waals surface area (Å²) < 4.78 is 29.2. The Hall–Kier alpha value is -3.67. The molecule has 0 bridgehead atoms. The number of aliphatic hydroxyl groups is 1. The topological polar surface area (TPSA) is 116 Å². The van der Waals surface area contributed by atoms with Crippen LogP contribution < -0.4 is 20.1 Å². The fourth-order valence-corrected chi connectivity index (χ4v) is 7.35. The Morgan fingerprint density at radius 1 is 0.962 bits per heavy atom. The lowest BCUT2D eigenvalue weighted by molar-refractivity contribution is -0.144. The van der Waals surface area contributed by atoms with Crippen LogP contribution in [0.2, 0.25) is 0 Å². The van der Waals surface area contributed by atoms with Crippen LogP contribution in [0.4, 0.5) is 5.69 Å². The maximum atomic E-state index is 13.4. The number of para-hydroxylation sites is 1. The van der Waals surface area contributed by atoms with Gasteiger partial charge in [-0.05, 0) is 53.3 Å². The SMILES string of the molecule is COCCCN1CC(C)(C)c2ccc(COC3CN(C(=O)C(N)C(C)C)CC(O)C3c3ccc(OCCCOCc4ccccc4OC)cc3)cc21. The maximum absolute atomic E-state index is 13.4. The van der Waals surface area contributed by atoms with E-state index in [2.05, 4.69) is 36.9 Å². The molecule has 0 spiro atoms. The van der Waals surface area contributed by atoms with Crippen LogP contribution in [0.1, 0.15) is 68.7 Å². The van der Waals surface area contributed by atoms with Crippen LogP contribution in [0.5, 0.6) is 11.5 Å². The van der Waals surface area contributed by atoms with Crippen LogP contribution in [0.15, 0.2) is 66.7 Å². The number of hydrogen-bond donors (Lipinski definition) is 2. The standard InChI is InChI=1S/C42H59N3O7/c1-29(2)40(43)41(47)45-24-36(46)39(31-14-16-33(17-15-31)51-22-10-21-50-27-32-11-7-8-12-37(32)49-6)38(25-45)52-26-30-13-18-34-35(23-30)44(19-9-20-48-5)28-42(34,3)4/h7-8,11-18,23,29,36,38-40,46H,9-10,19-22,24-28,43H2,1-6H3. The van der Waals surface area contributed by atoms with E-state index in [0.29, 0.717) is 33.0 Å². The number of nitrogens with zero attached hydrogens (tertiary/aromatic N) is 2. The number of likely N-dealkylation sites (tertiary alicyclic amines) is 1. The van der Waals surface area contributed by atoms with Gasteiger partial charge in [0.2, 0.25) is 5.91 Å². The highest BCUT2D eigenvalue weighted by Gasteiger charge is 2.41. The number of carbonyl (C=O) groups excluding carboxylic acids is 1. The first kappa shape index (κ1) is 39.5. The molecule has 10 nitrogen and oxygen atoms in total. The van der Waals surface area contributed by atoms with Gasteiger partial charge in [-0.3, -0.25) is 4.79 Å². The molecule has 2 heterocycles. The smallest absolute Gasteiger partial charge is 0.239 e. The third-order valence-electron chi connectivity index (χ3n) is 10.3. The third-order valence-corrected chi connectivity index (χ3v) is 10.3. The van der Waals surface area contributed by atoms with Crippen molar-refractivity contribution in [3.63, 3.8) is 0 Å². The van der Waals surface area contributed by atoms with Gasteiger partial charge in [0.25, 0.3) is 0 Å². The molecule has 3 aromatic rings. The summed E-state index contributed by atoms with van der Waals surface area (Å²) in [5.74, 6) is 1.04. The Bertz CT molecular complexity index is 1580. The number of ether oxygens (including phenoxy) is 5. The highest BCUT2D eigenvalue weighted by atomic mass is 16.5. The van der Waals surface area contributed by atoms with Crippen molar-refractivity contribution >= 4 is 11.6 Å². The van der Waals surface area contributed by atoms with Gasteiger partial charge in [0.1, 0.15) is 11.5 Å². The highest BCUT2D eigenvalue weighted by molar-refractivity contribution is 5.82. The summed E-state index contributed by atoms with van der Waals surface area (Å²) in [4.78, 5) is 17.5. The second-order valence-electron chi connectivity index (χ2n) is 15.1. The average Bonchev–Trinajstić information content (AvgIpc) is 3.40. The number of carbonyl (C=O) groups is 1. The number of β-amino-alcohol motifs (C(OH)–C–C–N with tert-alkyl or cyclic N) is 1. The summed E-state index contributed by atoms with van der Waals surface area (Å²) in [7, 11) is 3.40. The van der Waals surface area contributed by atoms with Crippen LogP contribution in [-0.2, 0) is 37.6 Å². The van der Waals surface area contributed by atoms with Crippen molar-refractivity contribution < 1.29 is 33.6 Å². The van der Waals surface area contributed by atoms with E-state index < -0.39 is 18.2 Å². The molecule has 3 N–H and O–H groups in total. The van der Waals surface area contributed by atoms with Crippen LogP contribution in [0.25, 0.3) is 0 Å². The van der Waals surface area contributed by atoms with Gasteiger partial charge in [0.05, 0.1) is 51.8 Å². The molecule has 2 aliphatic rings. The second kappa shape index (κ2) is 18.4. The average molecular weight is 718 g/mol. The van der Waals surface area contributed by atoms with Crippen LogP contribution in [-0.4, -0.2) is 94.4 Å². The van der Waals surface area contributed by atoms with Gasteiger partial charge in [-0.25, -0.2) is 0 Å². The van der Waals surface area contributed by atoms with E-state index in [0.717, 1.165) is 60.7 Å². The van der Waals surface area contributed by atoms with Gasteiger partial charge in [0, 0.05) is 68.9 Å². The Balaban J connectivity index is 1.24. The second-order valence-corrected chi connectivity index (χ2v) is 15.1. The molecule has 0 aliphatic carbocycles. The van der Waals surface area contributed by atoms with Gasteiger partial charge in [-0.15, -0.1) is 0 Å². The molecule has 10 heteroatoms. The number of fused-ring (bicyclic) bond motifs is 1. The summed E-state index contributed by atoms with van der Waals surface area (Å²) in [5.41, 5.74) is 11.9. The highest BCUT2D eigenvalue weighted by Crippen LogP contribution is 2.41. The lowest BCUT2D eigenvalue weighted by Gasteiger charge is -2.43. The van der Waals surface area contributed by atoms with Crippen molar-refractivity contribution in [1.82, 2.24) is 4.90 Å². The summed E-state index contributed by atoms with van der Waals surface area (Å²) in [6, 6.07) is 21.6. The fraction of sp³-hybridized carbons (Fsp3) is 0.548. The first-order valence-corrected chi connectivity index (χ1v) is 18.7. The van der Waals surface area contributed by atoms with E-state index in [1.54, 1.807) is 19.1 Å². The predicted octanol–water partition coefficient (Wildman–Crippen LogP) is 5.67. The molecule has 4 atom stereocenters. The third kappa shape index (κ3) is 9.85. The predicted molar refractivity (Wildman–Crippen MR) is 204 cm³/mol. The number of anilines is 1. The van der Waals surface area contributed by atoms with Gasteiger partial charge >= 0.3 is 0 Å². The van der Waals surface area contributed by atoms with Gasteiger partial charge in [-0.1, -0.05) is 70.2 Å². The summed E-state index contributed by atoms with van der Waals surface area (Å²) in [6.45, 7) is 13.5. The summed E-state index contributed by atoms with van der Waals surface area (Å²) >= 11 is 0. The normalized spacial score (nSPS) is 20.2. The zero-order chi connectivity index (χ0) is 37.3. The molecule has 1 fully saturated rings. The van der Waals surface area contributed by atoms with E-state index in [-0.39, 0.29) is 29.7 Å². The quantitative estimate of drug-likeness (QED) is 0.161. The molecule has 52 heavy (non-hydrogen) atoms. The maximum Gasteiger partial charge on any atom is 0.239 e. The molecular formula is C42H59N3O7. The number of piperidine rings is 1. The monoisotopic (exact) mass is 717 g/mol. The molecule has 0 saturated carbocycles. The van der Waals surface area contributed by atoms with Crippen molar-refractivity contribution in [2.45, 2.75) is 83.3 Å². The van der Waals surface area contributed by atoms with Crippen molar-refractivity contribution in [3.05, 3.63) is 89.0 Å². The van der Waals surface area contributed by atoms with Gasteiger partial charge < -0.3 is 44.3 Å². The molecule has 1 saturated heterocycles. The Kier molecular flexibility index (Phi) is 14.0.